The summed E-state index contributed by atoms with van der Waals surface area (Å²) in [5, 5.41) is 22.5. The van der Waals surface area contributed by atoms with Gasteiger partial charge in [0.15, 0.2) is 5.82 Å². The molecule has 2 heterocycles. The number of aryl methyl sites for hydroxylation is 2. The summed E-state index contributed by atoms with van der Waals surface area (Å²) in [5.74, 6) is -0.0930. The fourth-order valence-electron chi connectivity index (χ4n) is 2.56. The monoisotopic (exact) mass is 422 g/mol. The summed E-state index contributed by atoms with van der Waals surface area (Å²) < 4.78 is 3.09. The van der Waals surface area contributed by atoms with E-state index in [1.165, 1.54) is 10.7 Å². The summed E-state index contributed by atoms with van der Waals surface area (Å²) in [7, 11) is 0. The van der Waals surface area contributed by atoms with Crippen molar-refractivity contribution >= 4 is 40.7 Å². The number of nitrogens with one attached hydrogen (secondary N) is 1. The summed E-state index contributed by atoms with van der Waals surface area (Å²) in [6.07, 6.45) is 1.85. The van der Waals surface area contributed by atoms with E-state index < -0.39 is 4.92 Å². The Bertz CT molecular complexity index is 1030. The molecule has 0 aliphatic rings. The Morgan fingerprint density at radius 1 is 1.21 bits per heavy atom. The SMILES string of the molecule is Cc1cc([N+](=O)[O-])nn1CCC(=O)Nc1ccn(Cc2ccc(Cl)c(Cl)c2)n1. The number of anilines is 1. The van der Waals surface area contributed by atoms with E-state index in [4.69, 9.17) is 23.2 Å². The van der Waals surface area contributed by atoms with Gasteiger partial charge in [0.05, 0.1) is 40.0 Å². The van der Waals surface area contributed by atoms with Crippen LogP contribution in [0.25, 0.3) is 0 Å². The van der Waals surface area contributed by atoms with Gasteiger partial charge in [-0.1, -0.05) is 29.3 Å². The van der Waals surface area contributed by atoms with Crippen LogP contribution in [-0.4, -0.2) is 30.4 Å². The number of hydrogen-bond acceptors (Lipinski definition) is 5. The number of rotatable bonds is 7. The molecule has 9 nitrogen and oxygen atoms in total. The molecule has 1 amide bonds. The summed E-state index contributed by atoms with van der Waals surface area (Å²) in [4.78, 5) is 22.3. The molecular weight excluding hydrogens is 407 g/mol. The maximum absolute atomic E-state index is 12.1. The first-order valence-electron chi connectivity index (χ1n) is 8.28. The van der Waals surface area contributed by atoms with Crippen LogP contribution in [0.1, 0.15) is 17.7 Å². The maximum atomic E-state index is 12.1. The van der Waals surface area contributed by atoms with Gasteiger partial charge in [0.25, 0.3) is 0 Å². The lowest BCUT2D eigenvalue weighted by Gasteiger charge is -2.04. The van der Waals surface area contributed by atoms with Crippen molar-refractivity contribution in [2.75, 3.05) is 5.32 Å². The molecule has 0 saturated heterocycles. The average Bonchev–Trinajstić information content (AvgIpc) is 3.23. The lowest BCUT2D eigenvalue weighted by Crippen LogP contribution is -2.16. The first kappa shape index (κ1) is 19.8. The average molecular weight is 423 g/mol. The van der Waals surface area contributed by atoms with Crippen molar-refractivity contribution in [3.05, 3.63) is 67.9 Å². The Hall–Kier alpha value is -2.91. The minimum Gasteiger partial charge on any atom is -0.358 e. The summed E-state index contributed by atoms with van der Waals surface area (Å²) in [6, 6.07) is 8.37. The van der Waals surface area contributed by atoms with Crippen molar-refractivity contribution in [3.8, 4) is 0 Å². The van der Waals surface area contributed by atoms with Crippen molar-refractivity contribution in [1.29, 1.82) is 0 Å². The molecule has 1 aromatic carbocycles. The quantitative estimate of drug-likeness (QED) is 0.461. The van der Waals surface area contributed by atoms with E-state index in [1.807, 2.05) is 6.07 Å². The predicted molar refractivity (Wildman–Crippen MR) is 105 cm³/mol. The summed E-state index contributed by atoms with van der Waals surface area (Å²) in [6.45, 7) is 2.40. The molecule has 3 aromatic rings. The zero-order chi connectivity index (χ0) is 20.3. The van der Waals surface area contributed by atoms with Gasteiger partial charge in [0.2, 0.25) is 5.91 Å². The Labute approximate surface area is 170 Å². The maximum Gasteiger partial charge on any atom is 0.390 e. The van der Waals surface area contributed by atoms with Gasteiger partial charge in [-0.25, -0.2) is 0 Å². The Morgan fingerprint density at radius 2 is 2.00 bits per heavy atom. The first-order valence-corrected chi connectivity index (χ1v) is 9.03. The minimum atomic E-state index is -0.565. The highest BCUT2D eigenvalue weighted by molar-refractivity contribution is 6.42. The van der Waals surface area contributed by atoms with Gasteiger partial charge in [-0.2, -0.15) is 9.78 Å². The van der Waals surface area contributed by atoms with Gasteiger partial charge in [0.1, 0.15) is 0 Å². The highest BCUT2D eigenvalue weighted by Gasteiger charge is 2.16. The molecule has 0 saturated carbocycles. The molecule has 0 radical (unpaired) electrons. The molecule has 2 aromatic heterocycles. The third-order valence-corrected chi connectivity index (χ3v) is 4.68. The van der Waals surface area contributed by atoms with Gasteiger partial charge in [-0.05, 0) is 29.5 Å². The standard InChI is InChI=1S/C17H16Cl2N6O3/c1-11-8-16(25(27)28)22-24(11)7-5-17(26)20-15-4-6-23(21-15)10-12-2-3-13(18)14(19)9-12/h2-4,6,8-9H,5,7,10H2,1H3,(H,20,21,26). The predicted octanol–water partition coefficient (Wildman–Crippen LogP) is 3.68. The van der Waals surface area contributed by atoms with Crippen LogP contribution >= 0.6 is 23.2 Å². The largest absolute Gasteiger partial charge is 0.390 e. The molecule has 1 N–H and O–H groups in total. The van der Waals surface area contributed by atoms with Crippen LogP contribution in [0.5, 0.6) is 0 Å². The van der Waals surface area contributed by atoms with Crippen LogP contribution in [0.4, 0.5) is 11.6 Å². The fourth-order valence-corrected chi connectivity index (χ4v) is 2.88. The molecule has 146 valence electrons. The number of amides is 1. The molecule has 28 heavy (non-hydrogen) atoms. The zero-order valence-electron chi connectivity index (χ0n) is 14.8. The van der Waals surface area contributed by atoms with E-state index in [0.29, 0.717) is 28.1 Å². The number of benzene rings is 1. The first-order chi connectivity index (χ1) is 13.3. The van der Waals surface area contributed by atoms with E-state index in [0.717, 1.165) is 5.56 Å². The van der Waals surface area contributed by atoms with Crippen molar-refractivity contribution in [3.63, 3.8) is 0 Å². The molecule has 0 atom stereocenters. The van der Waals surface area contributed by atoms with Crippen molar-refractivity contribution in [2.24, 2.45) is 0 Å². The molecule has 0 bridgehead atoms. The third-order valence-electron chi connectivity index (χ3n) is 3.94. The number of hydrogen-bond donors (Lipinski definition) is 1. The summed E-state index contributed by atoms with van der Waals surface area (Å²) in [5.41, 5.74) is 1.54. The molecule has 0 spiro atoms. The van der Waals surface area contributed by atoms with Crippen LogP contribution in [0.2, 0.25) is 10.0 Å². The van der Waals surface area contributed by atoms with Gasteiger partial charge < -0.3 is 15.4 Å². The lowest BCUT2D eigenvalue weighted by molar-refractivity contribution is -0.389. The minimum absolute atomic E-state index is 0.110. The number of nitrogens with zero attached hydrogens (tertiary/aromatic N) is 5. The second kappa shape index (κ2) is 8.41. The number of carbonyl (C=O) groups is 1. The highest BCUT2D eigenvalue weighted by atomic mass is 35.5. The van der Waals surface area contributed by atoms with Crippen molar-refractivity contribution < 1.29 is 9.72 Å². The van der Waals surface area contributed by atoms with E-state index in [2.05, 4.69) is 15.5 Å². The fraction of sp³-hybridized carbons (Fsp3) is 0.235. The summed E-state index contributed by atoms with van der Waals surface area (Å²) >= 11 is 11.9. The molecule has 3 rings (SSSR count). The van der Waals surface area contributed by atoms with Gasteiger partial charge in [0, 0.05) is 18.7 Å². The van der Waals surface area contributed by atoms with E-state index >= 15 is 0 Å². The van der Waals surface area contributed by atoms with E-state index in [-0.39, 0.29) is 24.7 Å². The van der Waals surface area contributed by atoms with Gasteiger partial charge in [-0.3, -0.25) is 9.48 Å². The van der Waals surface area contributed by atoms with Gasteiger partial charge in [-0.15, -0.1) is 0 Å². The van der Waals surface area contributed by atoms with Crippen LogP contribution in [0.15, 0.2) is 36.5 Å². The highest BCUT2D eigenvalue weighted by Crippen LogP contribution is 2.23. The van der Waals surface area contributed by atoms with Crippen molar-refractivity contribution in [2.45, 2.75) is 26.4 Å². The van der Waals surface area contributed by atoms with Gasteiger partial charge >= 0.3 is 5.82 Å². The van der Waals surface area contributed by atoms with E-state index in [9.17, 15) is 14.9 Å². The zero-order valence-corrected chi connectivity index (χ0v) is 16.3. The van der Waals surface area contributed by atoms with Crippen LogP contribution < -0.4 is 5.32 Å². The molecule has 11 heteroatoms. The number of nitro groups is 1. The second-order valence-corrected chi connectivity index (χ2v) is 6.88. The molecule has 0 unspecified atom stereocenters. The third kappa shape index (κ3) is 4.87. The Kier molecular flexibility index (Phi) is 5.96. The Balaban J connectivity index is 1.55. The molecule has 0 aliphatic carbocycles. The Morgan fingerprint density at radius 3 is 2.68 bits per heavy atom. The smallest absolute Gasteiger partial charge is 0.358 e. The normalized spacial score (nSPS) is 10.8. The number of aromatic nitrogens is 4. The second-order valence-electron chi connectivity index (χ2n) is 6.07. The van der Waals surface area contributed by atoms with Crippen LogP contribution in [0, 0.1) is 17.0 Å². The van der Waals surface area contributed by atoms with Crippen LogP contribution in [-0.2, 0) is 17.9 Å². The molecule has 0 fully saturated rings. The van der Waals surface area contributed by atoms with Crippen LogP contribution in [0.3, 0.4) is 0 Å². The van der Waals surface area contributed by atoms with Crippen molar-refractivity contribution in [1.82, 2.24) is 19.6 Å². The number of halogens is 2. The topological polar surface area (TPSA) is 108 Å². The molecule has 0 aliphatic heterocycles. The lowest BCUT2D eigenvalue weighted by atomic mass is 10.2. The van der Waals surface area contributed by atoms with E-state index in [1.54, 1.807) is 36.0 Å². The number of carbonyl (C=O) groups excluding carboxylic acids is 1. The molecular formula is C17H16Cl2N6O3.